The topological polar surface area (TPSA) is 38.7 Å². The van der Waals surface area contributed by atoms with E-state index in [1.54, 1.807) is 0 Å². The number of halogens is 1. The zero-order valence-electron chi connectivity index (χ0n) is 8.71. The van der Waals surface area contributed by atoms with Crippen molar-refractivity contribution in [2.75, 3.05) is 6.79 Å². The molecule has 0 saturated carbocycles. The van der Waals surface area contributed by atoms with Crippen LogP contribution in [0.15, 0.2) is 10.5 Å². The molecular weight excluding hydrogens is 260 g/mol. The molecule has 0 spiro atoms. The first kappa shape index (κ1) is 10.8. The maximum atomic E-state index is 9.31. The van der Waals surface area contributed by atoms with Crippen molar-refractivity contribution in [1.82, 2.24) is 0 Å². The smallest absolute Gasteiger partial charge is 0.231 e. The van der Waals surface area contributed by atoms with E-state index in [-0.39, 0.29) is 13.4 Å². The summed E-state index contributed by atoms with van der Waals surface area (Å²) in [5, 5.41) is 9.31. The van der Waals surface area contributed by atoms with Gasteiger partial charge in [-0.15, -0.1) is 0 Å². The highest BCUT2D eigenvalue weighted by Gasteiger charge is 2.23. The van der Waals surface area contributed by atoms with E-state index in [1.165, 1.54) is 0 Å². The van der Waals surface area contributed by atoms with Gasteiger partial charge in [0, 0.05) is 0 Å². The summed E-state index contributed by atoms with van der Waals surface area (Å²) in [7, 11) is 0. The normalized spacial score (nSPS) is 13.7. The molecular formula is C11H13BrO3. The molecule has 1 aromatic carbocycles. The number of hydrogen-bond acceptors (Lipinski definition) is 3. The number of fused-ring (bicyclic) bond motifs is 1. The number of ether oxygens (including phenoxy) is 2. The Morgan fingerprint density at radius 2 is 2.20 bits per heavy atom. The number of benzene rings is 1. The molecule has 0 atom stereocenters. The second kappa shape index (κ2) is 4.02. The summed E-state index contributed by atoms with van der Waals surface area (Å²) in [5.41, 5.74) is 1.97. The highest BCUT2D eigenvalue weighted by atomic mass is 79.9. The average Bonchev–Trinajstić information content (AvgIpc) is 2.64. The van der Waals surface area contributed by atoms with Gasteiger partial charge in [0.1, 0.15) is 0 Å². The van der Waals surface area contributed by atoms with E-state index in [4.69, 9.17) is 9.47 Å². The van der Waals surface area contributed by atoms with E-state index in [0.29, 0.717) is 11.7 Å². The fraction of sp³-hybridized carbons (Fsp3) is 0.455. The lowest BCUT2D eigenvalue weighted by molar-refractivity contribution is 0.173. The van der Waals surface area contributed by atoms with E-state index >= 15 is 0 Å². The Balaban J connectivity index is 2.62. The van der Waals surface area contributed by atoms with Crippen LogP contribution in [0, 0.1) is 0 Å². The van der Waals surface area contributed by atoms with Crippen molar-refractivity contribution in [3.05, 3.63) is 21.7 Å². The SMILES string of the molecule is CC(C)c1c(CO)cc2c(c1Br)OCO2. The lowest BCUT2D eigenvalue weighted by Crippen LogP contribution is -1.98. The molecule has 0 fully saturated rings. The number of aliphatic hydroxyl groups excluding tert-OH is 1. The van der Waals surface area contributed by atoms with Crippen LogP contribution in [0.4, 0.5) is 0 Å². The van der Waals surface area contributed by atoms with Crippen molar-refractivity contribution in [2.24, 2.45) is 0 Å². The lowest BCUT2D eigenvalue weighted by Gasteiger charge is -2.15. The summed E-state index contributed by atoms with van der Waals surface area (Å²) in [4.78, 5) is 0. The van der Waals surface area contributed by atoms with Gasteiger partial charge in [0.05, 0.1) is 11.1 Å². The highest BCUT2D eigenvalue weighted by Crippen LogP contribution is 2.45. The molecule has 82 valence electrons. The van der Waals surface area contributed by atoms with Gasteiger partial charge in [0.2, 0.25) is 6.79 Å². The van der Waals surface area contributed by atoms with Gasteiger partial charge in [-0.05, 0) is 39.0 Å². The van der Waals surface area contributed by atoms with E-state index < -0.39 is 0 Å². The monoisotopic (exact) mass is 272 g/mol. The Labute approximate surface area is 97.1 Å². The van der Waals surface area contributed by atoms with Crippen LogP contribution >= 0.6 is 15.9 Å². The lowest BCUT2D eigenvalue weighted by atomic mass is 9.97. The van der Waals surface area contributed by atoms with Gasteiger partial charge in [-0.3, -0.25) is 0 Å². The molecule has 0 amide bonds. The van der Waals surface area contributed by atoms with Crippen molar-refractivity contribution in [1.29, 1.82) is 0 Å². The second-order valence-corrected chi connectivity index (χ2v) is 4.60. The summed E-state index contributed by atoms with van der Waals surface area (Å²) >= 11 is 3.51. The van der Waals surface area contributed by atoms with Crippen LogP contribution in [0.1, 0.15) is 30.9 Å². The van der Waals surface area contributed by atoms with Crippen LogP contribution in [0.5, 0.6) is 11.5 Å². The average molecular weight is 273 g/mol. The van der Waals surface area contributed by atoms with Crippen LogP contribution in [0.25, 0.3) is 0 Å². The van der Waals surface area contributed by atoms with E-state index in [9.17, 15) is 5.11 Å². The maximum absolute atomic E-state index is 9.31. The highest BCUT2D eigenvalue weighted by molar-refractivity contribution is 9.10. The van der Waals surface area contributed by atoms with E-state index in [0.717, 1.165) is 21.3 Å². The van der Waals surface area contributed by atoms with Crippen molar-refractivity contribution in [3.63, 3.8) is 0 Å². The molecule has 4 heteroatoms. The molecule has 2 rings (SSSR count). The summed E-state index contributed by atoms with van der Waals surface area (Å²) in [5.74, 6) is 1.78. The zero-order chi connectivity index (χ0) is 11.0. The minimum Gasteiger partial charge on any atom is -0.454 e. The molecule has 1 heterocycles. The number of aliphatic hydroxyl groups is 1. The fourth-order valence-corrected chi connectivity index (χ4v) is 2.84. The molecule has 1 aromatic rings. The van der Waals surface area contributed by atoms with Gasteiger partial charge in [-0.2, -0.15) is 0 Å². The molecule has 0 radical (unpaired) electrons. The van der Waals surface area contributed by atoms with Crippen LogP contribution in [0.2, 0.25) is 0 Å². The molecule has 3 nitrogen and oxygen atoms in total. The molecule has 15 heavy (non-hydrogen) atoms. The van der Waals surface area contributed by atoms with Gasteiger partial charge in [0.25, 0.3) is 0 Å². The first-order valence-electron chi connectivity index (χ1n) is 4.87. The quantitative estimate of drug-likeness (QED) is 0.900. The third-order valence-corrected chi connectivity index (χ3v) is 3.26. The summed E-state index contributed by atoms with van der Waals surface area (Å²) < 4.78 is 11.6. The zero-order valence-corrected chi connectivity index (χ0v) is 10.3. The summed E-state index contributed by atoms with van der Waals surface area (Å²) in [6.07, 6.45) is 0. The Bertz CT molecular complexity index is 388. The van der Waals surface area contributed by atoms with Crippen LogP contribution in [-0.4, -0.2) is 11.9 Å². The number of hydrogen-bond donors (Lipinski definition) is 1. The Morgan fingerprint density at radius 3 is 2.80 bits per heavy atom. The number of rotatable bonds is 2. The predicted molar refractivity (Wildman–Crippen MR) is 60.3 cm³/mol. The van der Waals surface area contributed by atoms with Crippen molar-refractivity contribution in [2.45, 2.75) is 26.4 Å². The minimum absolute atomic E-state index is 0.0166. The predicted octanol–water partition coefficient (Wildman–Crippen LogP) is 2.79. The van der Waals surface area contributed by atoms with Crippen LogP contribution < -0.4 is 9.47 Å². The molecule has 0 aliphatic carbocycles. The molecule has 1 N–H and O–H groups in total. The first-order chi connectivity index (χ1) is 7.15. The Hall–Kier alpha value is -0.740. The standard InChI is InChI=1S/C11H13BrO3/c1-6(2)9-7(4-13)3-8-11(10(9)12)15-5-14-8/h3,6,13H,4-5H2,1-2H3. The van der Waals surface area contributed by atoms with Crippen molar-refractivity contribution < 1.29 is 14.6 Å². The molecule has 0 bridgehead atoms. The van der Waals surface area contributed by atoms with Crippen LogP contribution in [0.3, 0.4) is 0 Å². The van der Waals surface area contributed by atoms with Gasteiger partial charge in [0.15, 0.2) is 11.5 Å². The first-order valence-corrected chi connectivity index (χ1v) is 5.66. The fourth-order valence-electron chi connectivity index (χ4n) is 1.82. The molecule has 0 saturated heterocycles. The maximum Gasteiger partial charge on any atom is 0.231 e. The minimum atomic E-state index is 0.0166. The Kier molecular flexibility index (Phi) is 2.89. The van der Waals surface area contributed by atoms with E-state index in [1.807, 2.05) is 6.07 Å². The molecule has 0 unspecified atom stereocenters. The van der Waals surface area contributed by atoms with E-state index in [2.05, 4.69) is 29.8 Å². The summed E-state index contributed by atoms with van der Waals surface area (Å²) in [6, 6.07) is 1.85. The summed E-state index contributed by atoms with van der Waals surface area (Å²) in [6.45, 7) is 4.44. The second-order valence-electron chi connectivity index (χ2n) is 3.81. The molecule has 1 aliphatic rings. The molecule has 1 aliphatic heterocycles. The van der Waals surface area contributed by atoms with Crippen molar-refractivity contribution in [3.8, 4) is 11.5 Å². The third kappa shape index (κ3) is 1.72. The van der Waals surface area contributed by atoms with Crippen LogP contribution in [-0.2, 0) is 6.61 Å². The Morgan fingerprint density at radius 1 is 1.47 bits per heavy atom. The molecule has 0 aromatic heterocycles. The van der Waals surface area contributed by atoms with Crippen molar-refractivity contribution >= 4 is 15.9 Å². The van der Waals surface area contributed by atoms with Gasteiger partial charge in [-0.1, -0.05) is 13.8 Å². The van der Waals surface area contributed by atoms with Gasteiger partial charge in [-0.25, -0.2) is 0 Å². The third-order valence-electron chi connectivity index (χ3n) is 2.48. The van der Waals surface area contributed by atoms with Gasteiger partial charge >= 0.3 is 0 Å². The largest absolute Gasteiger partial charge is 0.454 e. The van der Waals surface area contributed by atoms with Gasteiger partial charge < -0.3 is 14.6 Å².